The van der Waals surface area contributed by atoms with E-state index in [-0.39, 0.29) is 23.8 Å². The fourth-order valence-electron chi connectivity index (χ4n) is 2.23. The standard InChI is InChI=1S/C18H19BrClNO4/c1-3-24-16-7-11(13(19)10-17(16)25-4-2)8-18(23)21-14-9-12(20)5-6-15(14)22/h5-7,9-10,22H,3-4,8H2,1-2H3,(H,21,23). The summed E-state index contributed by atoms with van der Waals surface area (Å²) in [5.41, 5.74) is 1.01. The lowest BCUT2D eigenvalue weighted by Gasteiger charge is -2.14. The zero-order chi connectivity index (χ0) is 18.4. The van der Waals surface area contributed by atoms with Gasteiger partial charge in [0.2, 0.25) is 5.91 Å². The number of ether oxygens (including phenoxy) is 2. The SMILES string of the molecule is CCOc1cc(Br)c(CC(=O)Nc2cc(Cl)ccc2O)cc1OCC. The maximum absolute atomic E-state index is 12.3. The van der Waals surface area contributed by atoms with Gasteiger partial charge in [0.15, 0.2) is 11.5 Å². The van der Waals surface area contributed by atoms with Crippen LogP contribution < -0.4 is 14.8 Å². The van der Waals surface area contributed by atoms with Crippen LogP contribution in [0.25, 0.3) is 0 Å². The van der Waals surface area contributed by atoms with Crippen LogP contribution in [-0.2, 0) is 11.2 Å². The summed E-state index contributed by atoms with van der Waals surface area (Å²) in [6.07, 6.45) is 0.0962. The molecule has 0 saturated carbocycles. The lowest BCUT2D eigenvalue weighted by Crippen LogP contribution is -2.15. The van der Waals surface area contributed by atoms with Crippen molar-refractivity contribution < 1.29 is 19.4 Å². The fraction of sp³-hybridized carbons (Fsp3) is 0.278. The second-order valence-corrected chi connectivity index (χ2v) is 6.43. The molecular formula is C18H19BrClNO4. The summed E-state index contributed by atoms with van der Waals surface area (Å²) < 4.78 is 11.9. The summed E-state index contributed by atoms with van der Waals surface area (Å²) in [5.74, 6) is 0.872. The number of anilines is 1. The minimum Gasteiger partial charge on any atom is -0.506 e. The van der Waals surface area contributed by atoms with Gasteiger partial charge >= 0.3 is 0 Å². The molecule has 0 heterocycles. The quantitative estimate of drug-likeness (QED) is 0.622. The van der Waals surface area contributed by atoms with Crippen molar-refractivity contribution in [2.75, 3.05) is 18.5 Å². The minimum absolute atomic E-state index is 0.0430. The van der Waals surface area contributed by atoms with Gasteiger partial charge in [-0.3, -0.25) is 4.79 Å². The molecule has 0 aromatic heterocycles. The highest BCUT2D eigenvalue weighted by molar-refractivity contribution is 9.10. The molecule has 0 saturated heterocycles. The molecule has 0 atom stereocenters. The number of nitrogens with one attached hydrogen (secondary N) is 1. The summed E-state index contributed by atoms with van der Waals surface area (Å²) in [6, 6.07) is 8.03. The van der Waals surface area contributed by atoms with Crippen molar-refractivity contribution in [3.05, 3.63) is 45.4 Å². The monoisotopic (exact) mass is 427 g/mol. The van der Waals surface area contributed by atoms with Gasteiger partial charge in [-0.05, 0) is 49.7 Å². The first kappa shape index (κ1) is 19.4. The van der Waals surface area contributed by atoms with Gasteiger partial charge < -0.3 is 19.9 Å². The van der Waals surface area contributed by atoms with Crippen molar-refractivity contribution in [3.8, 4) is 17.2 Å². The van der Waals surface area contributed by atoms with Gasteiger partial charge in [0, 0.05) is 9.50 Å². The third kappa shape index (κ3) is 5.28. The third-order valence-electron chi connectivity index (χ3n) is 3.30. The molecule has 0 aliphatic carbocycles. The van der Waals surface area contributed by atoms with Crippen molar-refractivity contribution in [2.45, 2.75) is 20.3 Å². The Morgan fingerprint density at radius 3 is 2.44 bits per heavy atom. The molecule has 0 spiro atoms. The molecule has 5 nitrogen and oxygen atoms in total. The number of phenols is 1. The largest absolute Gasteiger partial charge is 0.506 e. The molecule has 134 valence electrons. The summed E-state index contributed by atoms with van der Waals surface area (Å²) in [4.78, 5) is 12.3. The maximum atomic E-state index is 12.3. The van der Waals surface area contributed by atoms with E-state index in [1.165, 1.54) is 12.1 Å². The Kier molecular flexibility index (Phi) is 6.96. The average molecular weight is 429 g/mol. The number of benzene rings is 2. The van der Waals surface area contributed by atoms with E-state index in [1.807, 2.05) is 13.8 Å². The van der Waals surface area contributed by atoms with Crippen molar-refractivity contribution in [3.63, 3.8) is 0 Å². The normalized spacial score (nSPS) is 10.4. The number of phenolic OH excluding ortho intramolecular Hbond substituents is 1. The molecule has 0 unspecified atom stereocenters. The Labute approximate surface area is 160 Å². The zero-order valence-electron chi connectivity index (χ0n) is 13.9. The lowest BCUT2D eigenvalue weighted by atomic mass is 10.1. The molecular weight excluding hydrogens is 410 g/mol. The predicted molar refractivity (Wildman–Crippen MR) is 102 cm³/mol. The van der Waals surface area contributed by atoms with Gasteiger partial charge in [-0.15, -0.1) is 0 Å². The summed E-state index contributed by atoms with van der Waals surface area (Å²) in [6.45, 7) is 4.78. The summed E-state index contributed by atoms with van der Waals surface area (Å²) in [7, 11) is 0. The fourth-order valence-corrected chi connectivity index (χ4v) is 2.86. The number of carbonyl (C=O) groups excluding carboxylic acids is 1. The maximum Gasteiger partial charge on any atom is 0.228 e. The van der Waals surface area contributed by atoms with E-state index in [1.54, 1.807) is 18.2 Å². The first-order valence-electron chi connectivity index (χ1n) is 7.81. The van der Waals surface area contributed by atoms with Gasteiger partial charge in [0.25, 0.3) is 0 Å². The van der Waals surface area contributed by atoms with E-state index in [0.29, 0.717) is 29.7 Å². The smallest absolute Gasteiger partial charge is 0.228 e. The molecule has 25 heavy (non-hydrogen) atoms. The first-order chi connectivity index (χ1) is 11.9. The molecule has 1 amide bonds. The van der Waals surface area contributed by atoms with Crippen LogP contribution in [0.5, 0.6) is 17.2 Å². The van der Waals surface area contributed by atoms with Crippen LogP contribution in [0.15, 0.2) is 34.8 Å². The minimum atomic E-state index is -0.287. The Morgan fingerprint density at radius 1 is 1.16 bits per heavy atom. The van der Waals surface area contributed by atoms with Crippen molar-refractivity contribution >= 4 is 39.1 Å². The molecule has 2 aromatic carbocycles. The molecule has 7 heteroatoms. The zero-order valence-corrected chi connectivity index (χ0v) is 16.3. The first-order valence-corrected chi connectivity index (χ1v) is 8.98. The molecule has 2 N–H and O–H groups in total. The predicted octanol–water partition coefficient (Wildman–Crippen LogP) is 4.79. The van der Waals surface area contributed by atoms with Gasteiger partial charge in [0.05, 0.1) is 25.3 Å². The van der Waals surface area contributed by atoms with Crippen LogP contribution in [0, 0.1) is 0 Å². The Morgan fingerprint density at radius 2 is 1.80 bits per heavy atom. The van der Waals surface area contributed by atoms with Crippen molar-refractivity contribution in [1.29, 1.82) is 0 Å². The molecule has 0 bridgehead atoms. The van der Waals surface area contributed by atoms with Crippen LogP contribution in [0.2, 0.25) is 5.02 Å². The van der Waals surface area contributed by atoms with E-state index >= 15 is 0 Å². The second-order valence-electron chi connectivity index (χ2n) is 5.14. The molecule has 0 aliphatic heterocycles. The van der Waals surface area contributed by atoms with Crippen molar-refractivity contribution in [2.24, 2.45) is 0 Å². The van der Waals surface area contributed by atoms with E-state index in [9.17, 15) is 9.90 Å². The molecule has 0 fully saturated rings. The van der Waals surface area contributed by atoms with Crippen LogP contribution in [0.1, 0.15) is 19.4 Å². The average Bonchev–Trinajstić information content (AvgIpc) is 2.55. The summed E-state index contributed by atoms with van der Waals surface area (Å²) >= 11 is 9.34. The number of aromatic hydroxyl groups is 1. The Bertz CT molecular complexity index is 767. The highest BCUT2D eigenvalue weighted by Crippen LogP contribution is 2.34. The summed E-state index contributed by atoms with van der Waals surface area (Å²) in [5, 5.41) is 12.9. The lowest BCUT2D eigenvalue weighted by molar-refractivity contribution is -0.115. The van der Waals surface area contributed by atoms with E-state index in [0.717, 1.165) is 10.0 Å². The van der Waals surface area contributed by atoms with Gasteiger partial charge in [-0.25, -0.2) is 0 Å². The number of rotatable bonds is 7. The number of halogens is 2. The molecule has 2 rings (SSSR count). The van der Waals surface area contributed by atoms with Gasteiger partial charge in [-0.2, -0.15) is 0 Å². The molecule has 0 aliphatic rings. The molecule has 0 radical (unpaired) electrons. The van der Waals surface area contributed by atoms with Gasteiger partial charge in [0.1, 0.15) is 5.75 Å². The van der Waals surface area contributed by atoms with E-state index in [2.05, 4.69) is 21.2 Å². The van der Waals surface area contributed by atoms with E-state index in [4.69, 9.17) is 21.1 Å². The van der Waals surface area contributed by atoms with Gasteiger partial charge in [-0.1, -0.05) is 27.5 Å². The second kappa shape index (κ2) is 8.97. The highest BCUT2D eigenvalue weighted by atomic mass is 79.9. The third-order valence-corrected chi connectivity index (χ3v) is 4.27. The number of hydrogen-bond donors (Lipinski definition) is 2. The van der Waals surface area contributed by atoms with E-state index < -0.39 is 0 Å². The number of amides is 1. The Balaban J connectivity index is 2.19. The number of hydrogen-bond acceptors (Lipinski definition) is 4. The topological polar surface area (TPSA) is 67.8 Å². The Hall–Kier alpha value is -1.92. The van der Waals surface area contributed by atoms with Crippen LogP contribution in [0.4, 0.5) is 5.69 Å². The van der Waals surface area contributed by atoms with Crippen LogP contribution >= 0.6 is 27.5 Å². The van der Waals surface area contributed by atoms with Crippen LogP contribution in [-0.4, -0.2) is 24.2 Å². The number of carbonyl (C=O) groups is 1. The van der Waals surface area contributed by atoms with Crippen LogP contribution in [0.3, 0.4) is 0 Å². The molecule has 2 aromatic rings. The van der Waals surface area contributed by atoms with Crippen molar-refractivity contribution in [1.82, 2.24) is 0 Å². The highest BCUT2D eigenvalue weighted by Gasteiger charge is 2.14.